The Bertz CT molecular complexity index is 341. The molecule has 0 spiro atoms. The summed E-state index contributed by atoms with van der Waals surface area (Å²) in [6.45, 7) is 3.98. The second kappa shape index (κ2) is 6.91. The van der Waals surface area contributed by atoms with E-state index < -0.39 is 0 Å². The minimum atomic E-state index is 0.342. The third-order valence-corrected chi connectivity index (χ3v) is 3.90. The Labute approximate surface area is 111 Å². The van der Waals surface area contributed by atoms with Crippen LogP contribution in [0.5, 0.6) is 0 Å². The zero-order valence-corrected chi connectivity index (χ0v) is 11.4. The van der Waals surface area contributed by atoms with Gasteiger partial charge in [0, 0.05) is 19.3 Å². The lowest BCUT2D eigenvalue weighted by molar-refractivity contribution is 0.0616. The highest BCUT2D eigenvalue weighted by atomic mass is 16.5. The van der Waals surface area contributed by atoms with E-state index in [1.807, 2.05) is 0 Å². The first-order valence-electron chi connectivity index (χ1n) is 7.13. The lowest BCUT2D eigenvalue weighted by Gasteiger charge is -2.24. The standard InChI is InChI=1S/C16H25NO/c1-13-2-4-14(5-3-13)6-7-16(17)12-15-8-10-18-11-9-15/h2-5,15-16H,6-12,17H2,1H3. The average Bonchev–Trinajstić information content (AvgIpc) is 2.39. The van der Waals surface area contributed by atoms with E-state index in [1.165, 1.54) is 24.0 Å². The van der Waals surface area contributed by atoms with E-state index in [1.54, 1.807) is 0 Å². The Morgan fingerprint density at radius 1 is 1.22 bits per heavy atom. The molecule has 100 valence electrons. The third kappa shape index (κ3) is 4.43. The molecule has 0 bridgehead atoms. The first kappa shape index (κ1) is 13.6. The molecule has 0 saturated carbocycles. The molecule has 1 unspecified atom stereocenters. The number of aryl methyl sites for hydroxylation is 2. The highest BCUT2D eigenvalue weighted by Gasteiger charge is 2.16. The molecular formula is C16H25NO. The first-order chi connectivity index (χ1) is 8.74. The highest BCUT2D eigenvalue weighted by Crippen LogP contribution is 2.21. The summed E-state index contributed by atoms with van der Waals surface area (Å²) in [5.41, 5.74) is 8.97. The maximum atomic E-state index is 6.24. The molecular weight excluding hydrogens is 222 g/mol. The van der Waals surface area contributed by atoms with Gasteiger partial charge in [-0.05, 0) is 50.5 Å². The van der Waals surface area contributed by atoms with Crippen molar-refractivity contribution in [3.8, 4) is 0 Å². The Morgan fingerprint density at radius 2 is 1.89 bits per heavy atom. The summed E-state index contributed by atoms with van der Waals surface area (Å²) < 4.78 is 5.38. The molecule has 1 aromatic carbocycles. The van der Waals surface area contributed by atoms with Crippen LogP contribution >= 0.6 is 0 Å². The monoisotopic (exact) mass is 247 g/mol. The summed E-state index contributed by atoms with van der Waals surface area (Å²) in [5, 5.41) is 0. The van der Waals surface area contributed by atoms with Crippen molar-refractivity contribution >= 4 is 0 Å². The van der Waals surface area contributed by atoms with Crippen molar-refractivity contribution in [1.82, 2.24) is 0 Å². The van der Waals surface area contributed by atoms with Crippen molar-refractivity contribution in [3.63, 3.8) is 0 Å². The minimum absolute atomic E-state index is 0.342. The third-order valence-electron chi connectivity index (χ3n) is 3.90. The molecule has 1 saturated heterocycles. The number of hydrogen-bond acceptors (Lipinski definition) is 2. The second-order valence-electron chi connectivity index (χ2n) is 5.58. The summed E-state index contributed by atoms with van der Waals surface area (Å²) >= 11 is 0. The molecule has 0 aliphatic carbocycles. The van der Waals surface area contributed by atoms with Crippen LogP contribution in [0.3, 0.4) is 0 Å². The molecule has 0 amide bonds. The number of benzene rings is 1. The van der Waals surface area contributed by atoms with Gasteiger partial charge in [0.05, 0.1) is 0 Å². The van der Waals surface area contributed by atoms with Crippen LogP contribution in [0.15, 0.2) is 24.3 Å². The molecule has 18 heavy (non-hydrogen) atoms. The van der Waals surface area contributed by atoms with E-state index in [9.17, 15) is 0 Å². The van der Waals surface area contributed by atoms with Crippen LogP contribution in [0.1, 0.15) is 36.8 Å². The zero-order valence-electron chi connectivity index (χ0n) is 11.4. The summed E-state index contributed by atoms with van der Waals surface area (Å²) in [5.74, 6) is 0.784. The van der Waals surface area contributed by atoms with Gasteiger partial charge in [0.25, 0.3) is 0 Å². The Morgan fingerprint density at radius 3 is 2.56 bits per heavy atom. The average molecular weight is 247 g/mol. The van der Waals surface area contributed by atoms with E-state index in [0.29, 0.717) is 6.04 Å². The Hall–Kier alpha value is -0.860. The quantitative estimate of drug-likeness (QED) is 0.868. The van der Waals surface area contributed by atoms with Crippen molar-refractivity contribution in [2.45, 2.75) is 45.1 Å². The van der Waals surface area contributed by atoms with Crippen LogP contribution in [0, 0.1) is 12.8 Å². The van der Waals surface area contributed by atoms with Crippen molar-refractivity contribution in [3.05, 3.63) is 35.4 Å². The fourth-order valence-corrected chi connectivity index (χ4v) is 2.63. The number of rotatable bonds is 5. The largest absolute Gasteiger partial charge is 0.381 e. The van der Waals surface area contributed by atoms with Crippen LogP contribution in [0.25, 0.3) is 0 Å². The molecule has 2 heteroatoms. The number of hydrogen-bond donors (Lipinski definition) is 1. The van der Waals surface area contributed by atoms with Crippen molar-refractivity contribution in [1.29, 1.82) is 0 Å². The molecule has 1 heterocycles. The van der Waals surface area contributed by atoms with Crippen LogP contribution in [0.2, 0.25) is 0 Å². The van der Waals surface area contributed by atoms with Crippen LogP contribution in [-0.2, 0) is 11.2 Å². The van der Waals surface area contributed by atoms with Gasteiger partial charge in [-0.3, -0.25) is 0 Å². The van der Waals surface area contributed by atoms with Gasteiger partial charge in [-0.15, -0.1) is 0 Å². The normalized spacial score (nSPS) is 18.8. The fraction of sp³-hybridized carbons (Fsp3) is 0.625. The SMILES string of the molecule is Cc1ccc(CCC(N)CC2CCOCC2)cc1. The van der Waals surface area contributed by atoms with Gasteiger partial charge in [0.15, 0.2) is 0 Å². The van der Waals surface area contributed by atoms with Crippen LogP contribution < -0.4 is 5.73 Å². The molecule has 1 aliphatic heterocycles. The van der Waals surface area contributed by atoms with Gasteiger partial charge in [-0.1, -0.05) is 29.8 Å². The molecule has 1 fully saturated rings. The van der Waals surface area contributed by atoms with E-state index in [-0.39, 0.29) is 0 Å². The highest BCUT2D eigenvalue weighted by molar-refractivity contribution is 5.21. The Balaban J connectivity index is 1.70. The topological polar surface area (TPSA) is 35.2 Å². The van der Waals surface area contributed by atoms with Crippen LogP contribution in [-0.4, -0.2) is 19.3 Å². The van der Waals surface area contributed by atoms with E-state index in [0.717, 1.165) is 38.4 Å². The zero-order chi connectivity index (χ0) is 12.8. The number of nitrogens with two attached hydrogens (primary N) is 1. The lowest BCUT2D eigenvalue weighted by atomic mass is 9.90. The summed E-state index contributed by atoms with van der Waals surface area (Å²) in [7, 11) is 0. The molecule has 1 aromatic rings. The fourth-order valence-electron chi connectivity index (χ4n) is 2.63. The van der Waals surface area contributed by atoms with Crippen LogP contribution in [0.4, 0.5) is 0 Å². The van der Waals surface area contributed by atoms with E-state index >= 15 is 0 Å². The van der Waals surface area contributed by atoms with Crippen molar-refractivity contribution < 1.29 is 4.74 Å². The predicted molar refractivity (Wildman–Crippen MR) is 75.6 cm³/mol. The molecule has 0 aromatic heterocycles. The molecule has 0 radical (unpaired) electrons. The van der Waals surface area contributed by atoms with E-state index in [4.69, 9.17) is 10.5 Å². The lowest BCUT2D eigenvalue weighted by Crippen LogP contribution is -2.27. The molecule has 2 rings (SSSR count). The molecule has 1 aliphatic rings. The molecule has 2 nitrogen and oxygen atoms in total. The van der Waals surface area contributed by atoms with Gasteiger partial charge >= 0.3 is 0 Å². The minimum Gasteiger partial charge on any atom is -0.381 e. The van der Waals surface area contributed by atoms with Gasteiger partial charge in [-0.2, -0.15) is 0 Å². The maximum absolute atomic E-state index is 6.24. The van der Waals surface area contributed by atoms with Crippen molar-refractivity contribution in [2.75, 3.05) is 13.2 Å². The first-order valence-corrected chi connectivity index (χ1v) is 7.13. The Kier molecular flexibility index (Phi) is 5.21. The van der Waals surface area contributed by atoms with Gasteiger partial charge in [0.1, 0.15) is 0 Å². The molecule has 1 atom stereocenters. The summed E-state index contributed by atoms with van der Waals surface area (Å²) in [4.78, 5) is 0. The van der Waals surface area contributed by atoms with Gasteiger partial charge in [0.2, 0.25) is 0 Å². The number of ether oxygens (including phenoxy) is 1. The van der Waals surface area contributed by atoms with Crippen molar-refractivity contribution in [2.24, 2.45) is 11.7 Å². The van der Waals surface area contributed by atoms with E-state index in [2.05, 4.69) is 31.2 Å². The summed E-state index contributed by atoms with van der Waals surface area (Å²) in [6, 6.07) is 9.14. The summed E-state index contributed by atoms with van der Waals surface area (Å²) in [6.07, 6.45) is 5.75. The maximum Gasteiger partial charge on any atom is 0.0468 e. The smallest absolute Gasteiger partial charge is 0.0468 e. The second-order valence-corrected chi connectivity index (χ2v) is 5.58. The molecule has 2 N–H and O–H groups in total. The van der Waals surface area contributed by atoms with Gasteiger partial charge in [-0.25, -0.2) is 0 Å². The van der Waals surface area contributed by atoms with Gasteiger partial charge < -0.3 is 10.5 Å². The predicted octanol–water partition coefficient (Wildman–Crippen LogP) is 3.07.